The molecule has 0 spiro atoms. The van der Waals surface area contributed by atoms with Gasteiger partial charge in [-0.05, 0) is 24.6 Å². The predicted octanol–water partition coefficient (Wildman–Crippen LogP) is 3.20. The van der Waals surface area contributed by atoms with Gasteiger partial charge in [-0.2, -0.15) is 0 Å². The minimum absolute atomic E-state index is 0.403. The highest BCUT2D eigenvalue weighted by atomic mass is 16.5. The summed E-state index contributed by atoms with van der Waals surface area (Å²) < 4.78 is 5.57. The zero-order valence-corrected chi connectivity index (χ0v) is 8.29. The second-order valence-electron chi connectivity index (χ2n) is 3.34. The Morgan fingerprint density at radius 2 is 2.31 bits per heavy atom. The molecule has 1 rings (SSSR count). The highest BCUT2D eigenvalue weighted by molar-refractivity contribution is 5.27. The normalized spacial score (nSPS) is 12.2. The molecule has 0 bridgehead atoms. The third-order valence-electron chi connectivity index (χ3n) is 1.90. The summed E-state index contributed by atoms with van der Waals surface area (Å²) in [6.45, 7) is 8.56. The molecule has 0 saturated carbocycles. The molecule has 0 radical (unpaired) electrons. The van der Waals surface area contributed by atoms with Gasteiger partial charge in [-0.15, -0.1) is 6.58 Å². The summed E-state index contributed by atoms with van der Waals surface area (Å²) in [4.78, 5) is 0. The van der Waals surface area contributed by atoms with E-state index in [0.717, 1.165) is 5.75 Å². The molecular formula is C12H16O. The number of aryl methyl sites for hydroxylation is 1. The Bertz CT molecular complexity index is 278. The maximum atomic E-state index is 5.57. The Morgan fingerprint density at radius 3 is 2.92 bits per heavy atom. The molecule has 1 heteroatoms. The van der Waals surface area contributed by atoms with Crippen LogP contribution in [0.15, 0.2) is 36.9 Å². The fourth-order valence-corrected chi connectivity index (χ4v) is 1.00. The number of hydrogen-bond donors (Lipinski definition) is 0. The van der Waals surface area contributed by atoms with Crippen molar-refractivity contribution >= 4 is 0 Å². The Hall–Kier alpha value is -1.24. The molecule has 0 fully saturated rings. The maximum absolute atomic E-state index is 5.57. The molecule has 0 amide bonds. The van der Waals surface area contributed by atoms with E-state index in [9.17, 15) is 0 Å². The van der Waals surface area contributed by atoms with Crippen molar-refractivity contribution in [2.24, 2.45) is 5.92 Å². The van der Waals surface area contributed by atoms with Gasteiger partial charge >= 0.3 is 0 Å². The molecule has 0 aromatic heterocycles. The van der Waals surface area contributed by atoms with E-state index >= 15 is 0 Å². The van der Waals surface area contributed by atoms with Crippen LogP contribution in [0.2, 0.25) is 0 Å². The van der Waals surface area contributed by atoms with Gasteiger partial charge in [0.2, 0.25) is 0 Å². The summed E-state index contributed by atoms with van der Waals surface area (Å²) in [6.07, 6.45) is 1.90. The van der Waals surface area contributed by atoms with Crippen LogP contribution in [0, 0.1) is 12.8 Å². The van der Waals surface area contributed by atoms with Crippen LogP contribution in [0.5, 0.6) is 5.75 Å². The summed E-state index contributed by atoms with van der Waals surface area (Å²) in [5.41, 5.74) is 1.23. The van der Waals surface area contributed by atoms with Crippen LogP contribution in [0.4, 0.5) is 0 Å². The molecule has 0 N–H and O–H groups in total. The highest BCUT2D eigenvalue weighted by Gasteiger charge is 1.97. The molecule has 0 aliphatic carbocycles. The van der Waals surface area contributed by atoms with Crippen molar-refractivity contribution in [2.45, 2.75) is 13.8 Å². The second-order valence-corrected chi connectivity index (χ2v) is 3.34. The highest BCUT2D eigenvalue weighted by Crippen LogP contribution is 2.13. The van der Waals surface area contributed by atoms with Crippen LogP contribution in [0.25, 0.3) is 0 Å². The van der Waals surface area contributed by atoms with Gasteiger partial charge in [0.15, 0.2) is 0 Å². The minimum atomic E-state index is 0.403. The average Bonchev–Trinajstić information content (AvgIpc) is 2.14. The van der Waals surface area contributed by atoms with Gasteiger partial charge in [0.05, 0.1) is 6.61 Å². The summed E-state index contributed by atoms with van der Waals surface area (Å²) in [7, 11) is 0. The van der Waals surface area contributed by atoms with Gasteiger partial charge in [-0.25, -0.2) is 0 Å². The Balaban J connectivity index is 2.49. The van der Waals surface area contributed by atoms with Gasteiger partial charge < -0.3 is 4.74 Å². The van der Waals surface area contributed by atoms with Crippen LogP contribution in [0.1, 0.15) is 12.5 Å². The summed E-state index contributed by atoms with van der Waals surface area (Å²) in [5.74, 6) is 1.34. The lowest BCUT2D eigenvalue weighted by Gasteiger charge is -2.09. The van der Waals surface area contributed by atoms with Gasteiger partial charge in [-0.1, -0.05) is 25.1 Å². The third kappa shape index (κ3) is 3.32. The lowest BCUT2D eigenvalue weighted by molar-refractivity contribution is 0.285. The van der Waals surface area contributed by atoms with Crippen LogP contribution in [-0.2, 0) is 0 Å². The molecule has 0 aliphatic rings. The SMILES string of the molecule is C=C[C@@H](C)COc1cccc(C)c1. The lowest BCUT2D eigenvalue weighted by atomic mass is 10.2. The average molecular weight is 176 g/mol. The quantitative estimate of drug-likeness (QED) is 0.640. The fourth-order valence-electron chi connectivity index (χ4n) is 1.00. The van der Waals surface area contributed by atoms with Gasteiger partial charge in [0, 0.05) is 5.92 Å². The molecule has 1 atom stereocenters. The number of hydrogen-bond acceptors (Lipinski definition) is 1. The summed E-state index contributed by atoms with van der Waals surface area (Å²) in [6, 6.07) is 8.08. The monoisotopic (exact) mass is 176 g/mol. The molecule has 0 saturated heterocycles. The van der Waals surface area contributed by atoms with Gasteiger partial charge in [0.25, 0.3) is 0 Å². The molecule has 1 nitrogen and oxygen atoms in total. The summed E-state index contributed by atoms with van der Waals surface area (Å²) >= 11 is 0. The first kappa shape index (κ1) is 9.85. The largest absolute Gasteiger partial charge is 0.493 e. The van der Waals surface area contributed by atoms with E-state index in [1.165, 1.54) is 5.56 Å². The zero-order valence-electron chi connectivity index (χ0n) is 8.29. The first-order chi connectivity index (χ1) is 6.22. The molecule has 0 heterocycles. The van der Waals surface area contributed by atoms with Crippen LogP contribution in [0.3, 0.4) is 0 Å². The van der Waals surface area contributed by atoms with Crippen molar-refractivity contribution in [3.63, 3.8) is 0 Å². The standard InChI is InChI=1S/C12H16O/c1-4-10(2)9-13-12-7-5-6-11(3)8-12/h4-8,10H,1,9H2,2-3H3/t10-/m1/s1. The number of benzene rings is 1. The molecule has 0 aliphatic heterocycles. The Morgan fingerprint density at radius 1 is 1.54 bits per heavy atom. The van der Waals surface area contributed by atoms with E-state index in [1.807, 2.05) is 24.3 Å². The van der Waals surface area contributed by atoms with Crippen molar-refractivity contribution in [3.05, 3.63) is 42.5 Å². The third-order valence-corrected chi connectivity index (χ3v) is 1.90. The molecular weight excluding hydrogens is 160 g/mol. The van der Waals surface area contributed by atoms with Crippen LogP contribution < -0.4 is 4.74 Å². The van der Waals surface area contributed by atoms with E-state index in [0.29, 0.717) is 12.5 Å². The van der Waals surface area contributed by atoms with E-state index in [-0.39, 0.29) is 0 Å². The molecule has 1 aromatic carbocycles. The Labute approximate surface area is 80.0 Å². The van der Waals surface area contributed by atoms with Crippen molar-refractivity contribution in [1.29, 1.82) is 0 Å². The van der Waals surface area contributed by atoms with E-state index in [2.05, 4.69) is 26.5 Å². The smallest absolute Gasteiger partial charge is 0.119 e. The number of ether oxygens (including phenoxy) is 1. The van der Waals surface area contributed by atoms with Crippen molar-refractivity contribution in [2.75, 3.05) is 6.61 Å². The van der Waals surface area contributed by atoms with E-state index < -0.39 is 0 Å². The van der Waals surface area contributed by atoms with Crippen molar-refractivity contribution in [3.8, 4) is 5.75 Å². The zero-order chi connectivity index (χ0) is 9.68. The molecule has 1 aromatic rings. The molecule has 0 unspecified atom stereocenters. The summed E-state index contributed by atoms with van der Waals surface area (Å²) in [5, 5.41) is 0. The fraction of sp³-hybridized carbons (Fsp3) is 0.333. The molecule has 70 valence electrons. The number of rotatable bonds is 4. The predicted molar refractivity (Wildman–Crippen MR) is 56.0 cm³/mol. The Kier molecular flexibility index (Phi) is 3.56. The van der Waals surface area contributed by atoms with Crippen molar-refractivity contribution in [1.82, 2.24) is 0 Å². The first-order valence-corrected chi connectivity index (χ1v) is 4.54. The maximum Gasteiger partial charge on any atom is 0.119 e. The van der Waals surface area contributed by atoms with Gasteiger partial charge in [-0.3, -0.25) is 0 Å². The van der Waals surface area contributed by atoms with Gasteiger partial charge in [0.1, 0.15) is 5.75 Å². The minimum Gasteiger partial charge on any atom is -0.493 e. The topological polar surface area (TPSA) is 9.23 Å². The van der Waals surface area contributed by atoms with E-state index in [1.54, 1.807) is 0 Å². The van der Waals surface area contributed by atoms with Crippen LogP contribution in [-0.4, -0.2) is 6.61 Å². The van der Waals surface area contributed by atoms with Crippen molar-refractivity contribution < 1.29 is 4.74 Å². The second kappa shape index (κ2) is 4.70. The lowest BCUT2D eigenvalue weighted by Crippen LogP contribution is -2.05. The molecule has 13 heavy (non-hydrogen) atoms. The van der Waals surface area contributed by atoms with E-state index in [4.69, 9.17) is 4.74 Å². The first-order valence-electron chi connectivity index (χ1n) is 4.54. The van der Waals surface area contributed by atoms with Crippen LogP contribution >= 0.6 is 0 Å².